The lowest BCUT2D eigenvalue weighted by Crippen LogP contribution is -2.50. The number of methoxy groups -OCH3 is 2. The van der Waals surface area contributed by atoms with Crippen molar-refractivity contribution in [1.82, 2.24) is 25.5 Å². The third-order valence-corrected chi connectivity index (χ3v) is 7.33. The lowest BCUT2D eigenvalue weighted by Gasteiger charge is -2.36. The van der Waals surface area contributed by atoms with E-state index in [0.29, 0.717) is 34.3 Å². The fraction of sp³-hybridized carbons (Fsp3) is 0.406. The normalized spacial score (nSPS) is 13.6. The Morgan fingerprint density at radius 3 is 2.56 bits per heavy atom. The molecule has 4 aromatic rings. The summed E-state index contributed by atoms with van der Waals surface area (Å²) < 4.78 is 16.9. The van der Waals surface area contributed by atoms with Crippen molar-refractivity contribution < 1.29 is 23.5 Å². The van der Waals surface area contributed by atoms with Crippen molar-refractivity contribution in [2.24, 2.45) is 0 Å². The molecule has 43 heavy (non-hydrogen) atoms. The number of nitrogens with one attached hydrogen (secondary N) is 1. The molecule has 0 fully saturated rings. The molecule has 1 N–H and O–H groups in total. The molecule has 2 heterocycles. The van der Waals surface area contributed by atoms with Crippen LogP contribution in [0.3, 0.4) is 0 Å². The highest BCUT2D eigenvalue weighted by molar-refractivity contribution is 6.02. The first kappa shape index (κ1) is 29.8. The van der Waals surface area contributed by atoms with E-state index in [4.69, 9.17) is 13.9 Å². The first-order chi connectivity index (χ1) is 20.6. The van der Waals surface area contributed by atoms with Gasteiger partial charge in [-0.15, -0.1) is 10.2 Å². The smallest absolute Gasteiger partial charge is 0.251 e. The van der Waals surface area contributed by atoms with Crippen molar-refractivity contribution >= 4 is 17.5 Å². The quantitative estimate of drug-likeness (QED) is 0.296. The number of aryl methyl sites for hydroxylation is 2. The highest BCUT2D eigenvalue weighted by atomic mass is 16.5. The van der Waals surface area contributed by atoms with Gasteiger partial charge in [0, 0.05) is 16.8 Å². The number of furan rings is 1. The lowest BCUT2D eigenvalue weighted by molar-refractivity contribution is -0.128. The molecule has 0 bridgehead atoms. The van der Waals surface area contributed by atoms with E-state index >= 15 is 0 Å². The SMILES string of the molecule is COc1ccc(OC)c([C@H](C(=O)NC(C)(C)C)N(C(=O)Cn2nnc(-c3ccc(C)o3)n2)c2cccc3c2CCCC3)c1. The molecule has 0 saturated carbocycles. The number of hydrogen-bond acceptors (Lipinski definition) is 8. The molecule has 5 rings (SSSR count). The van der Waals surface area contributed by atoms with Crippen LogP contribution < -0.4 is 19.7 Å². The van der Waals surface area contributed by atoms with Gasteiger partial charge in [0.2, 0.25) is 11.7 Å². The number of amides is 2. The molecule has 1 aliphatic rings. The van der Waals surface area contributed by atoms with Crippen molar-refractivity contribution in [3.8, 4) is 23.1 Å². The van der Waals surface area contributed by atoms with Gasteiger partial charge in [-0.25, -0.2) is 0 Å². The molecular formula is C32H38N6O5. The number of carbonyl (C=O) groups is 2. The second-order valence-electron chi connectivity index (χ2n) is 11.7. The summed E-state index contributed by atoms with van der Waals surface area (Å²) in [6.07, 6.45) is 3.76. The Kier molecular flexibility index (Phi) is 8.52. The highest BCUT2D eigenvalue weighted by Crippen LogP contribution is 2.39. The molecule has 0 radical (unpaired) electrons. The van der Waals surface area contributed by atoms with Gasteiger partial charge in [0.25, 0.3) is 5.91 Å². The number of tetrazole rings is 1. The summed E-state index contributed by atoms with van der Waals surface area (Å²) in [5.74, 6) is 1.66. The Bertz CT molecular complexity index is 1620. The van der Waals surface area contributed by atoms with Gasteiger partial charge in [0.1, 0.15) is 29.8 Å². The number of benzene rings is 2. The molecule has 2 aromatic heterocycles. The molecule has 0 saturated heterocycles. The molecule has 11 heteroatoms. The van der Waals surface area contributed by atoms with Gasteiger partial charge >= 0.3 is 0 Å². The fourth-order valence-corrected chi connectivity index (χ4v) is 5.45. The zero-order chi connectivity index (χ0) is 30.7. The van der Waals surface area contributed by atoms with Crippen molar-refractivity contribution in [3.05, 3.63) is 71.0 Å². The number of aromatic nitrogens is 4. The van der Waals surface area contributed by atoms with Crippen molar-refractivity contribution in [1.29, 1.82) is 0 Å². The van der Waals surface area contributed by atoms with Gasteiger partial charge in [0.15, 0.2) is 5.76 Å². The molecular weight excluding hydrogens is 548 g/mol. The number of ether oxygens (including phenoxy) is 2. The topological polar surface area (TPSA) is 125 Å². The minimum atomic E-state index is -1.10. The zero-order valence-electron chi connectivity index (χ0n) is 25.5. The van der Waals surface area contributed by atoms with Crippen molar-refractivity contribution in [2.45, 2.75) is 71.5 Å². The Balaban J connectivity index is 1.66. The van der Waals surface area contributed by atoms with Crippen molar-refractivity contribution in [3.63, 3.8) is 0 Å². The summed E-state index contributed by atoms with van der Waals surface area (Å²) in [5, 5.41) is 15.7. The van der Waals surface area contributed by atoms with Crippen molar-refractivity contribution in [2.75, 3.05) is 19.1 Å². The highest BCUT2D eigenvalue weighted by Gasteiger charge is 2.38. The third kappa shape index (κ3) is 6.55. The maximum atomic E-state index is 14.5. The molecule has 1 aliphatic carbocycles. The molecule has 2 amide bonds. The van der Waals surface area contributed by atoms with Crippen LogP contribution in [0.15, 0.2) is 52.9 Å². The number of carbonyl (C=O) groups excluding carboxylic acids is 2. The monoisotopic (exact) mass is 586 g/mol. The van der Waals surface area contributed by atoms with Gasteiger partial charge in [-0.1, -0.05) is 12.1 Å². The first-order valence-corrected chi connectivity index (χ1v) is 14.4. The molecule has 1 atom stereocenters. The second kappa shape index (κ2) is 12.3. The Morgan fingerprint density at radius 2 is 1.86 bits per heavy atom. The number of nitrogens with zero attached hydrogens (tertiary/aromatic N) is 5. The summed E-state index contributed by atoms with van der Waals surface area (Å²) >= 11 is 0. The van der Waals surface area contributed by atoms with Crippen LogP contribution in [0.4, 0.5) is 5.69 Å². The van der Waals surface area contributed by atoms with Crippen LogP contribution in [0.25, 0.3) is 11.6 Å². The van der Waals surface area contributed by atoms with Gasteiger partial charge in [-0.3, -0.25) is 14.5 Å². The lowest BCUT2D eigenvalue weighted by atomic mass is 9.89. The van der Waals surface area contributed by atoms with Gasteiger partial charge < -0.3 is 19.2 Å². The van der Waals surface area contributed by atoms with E-state index in [2.05, 4.69) is 26.8 Å². The standard InChI is InChI=1S/C32H38N6O5/c1-20-14-16-27(43-20)30-34-36-37(35-30)19-28(39)38(25-13-9-11-21-10-7-8-12-23(21)25)29(31(40)33-32(2,3)4)24-18-22(41-5)15-17-26(24)42-6/h9,11,13-18,29H,7-8,10,12,19H2,1-6H3,(H,33,40)/t29-/m1/s1. The molecule has 0 unspecified atom stereocenters. The van der Waals surface area contributed by atoms with Gasteiger partial charge in [0.05, 0.1) is 14.2 Å². The maximum Gasteiger partial charge on any atom is 0.251 e. The fourth-order valence-electron chi connectivity index (χ4n) is 5.45. The summed E-state index contributed by atoms with van der Waals surface area (Å²) in [6, 6.07) is 13.6. The van der Waals surface area contributed by atoms with Gasteiger partial charge in [-0.2, -0.15) is 4.80 Å². The Morgan fingerprint density at radius 1 is 1.07 bits per heavy atom. The molecule has 0 aliphatic heterocycles. The van der Waals surface area contributed by atoms with E-state index in [1.807, 2.05) is 39.8 Å². The summed E-state index contributed by atoms with van der Waals surface area (Å²) in [7, 11) is 3.10. The van der Waals surface area contributed by atoms with Crippen LogP contribution in [0.5, 0.6) is 11.5 Å². The van der Waals surface area contributed by atoms with E-state index in [0.717, 1.165) is 31.2 Å². The van der Waals surface area contributed by atoms with E-state index in [9.17, 15) is 9.59 Å². The minimum Gasteiger partial charge on any atom is -0.497 e. The van der Waals surface area contributed by atoms with Crippen LogP contribution in [-0.2, 0) is 29.0 Å². The first-order valence-electron chi connectivity index (χ1n) is 14.4. The third-order valence-electron chi connectivity index (χ3n) is 7.33. The maximum absolute atomic E-state index is 14.5. The van der Waals surface area contributed by atoms with Crippen LogP contribution in [-0.4, -0.2) is 51.8 Å². The average molecular weight is 587 g/mol. The second-order valence-corrected chi connectivity index (χ2v) is 11.7. The Labute approximate surface area is 251 Å². The van der Waals surface area contributed by atoms with Crippen LogP contribution in [0, 0.1) is 6.92 Å². The van der Waals surface area contributed by atoms with Crippen LogP contribution >= 0.6 is 0 Å². The number of fused-ring (bicyclic) bond motifs is 1. The van der Waals surface area contributed by atoms with Gasteiger partial charge in [-0.05, 0) is 106 Å². The summed E-state index contributed by atoms with van der Waals surface area (Å²) in [6.45, 7) is 7.27. The van der Waals surface area contributed by atoms with E-state index in [-0.39, 0.29) is 18.3 Å². The predicted octanol–water partition coefficient (Wildman–Crippen LogP) is 4.83. The van der Waals surface area contributed by atoms with Crippen LogP contribution in [0.2, 0.25) is 0 Å². The zero-order valence-corrected chi connectivity index (χ0v) is 25.5. The molecule has 2 aromatic carbocycles. The number of rotatable bonds is 9. The molecule has 0 spiro atoms. The molecule has 11 nitrogen and oxygen atoms in total. The van der Waals surface area contributed by atoms with E-state index in [1.54, 1.807) is 42.3 Å². The minimum absolute atomic E-state index is 0.262. The van der Waals surface area contributed by atoms with Crippen LogP contribution in [0.1, 0.15) is 62.1 Å². The predicted molar refractivity (Wildman–Crippen MR) is 161 cm³/mol. The number of anilines is 1. The van der Waals surface area contributed by atoms with E-state index < -0.39 is 17.5 Å². The average Bonchev–Trinajstić information content (AvgIpc) is 3.63. The number of hydrogen-bond donors (Lipinski definition) is 1. The molecule has 226 valence electrons. The summed E-state index contributed by atoms with van der Waals surface area (Å²) in [4.78, 5) is 31.6. The largest absolute Gasteiger partial charge is 0.497 e. The Hall–Kier alpha value is -4.67. The summed E-state index contributed by atoms with van der Waals surface area (Å²) in [5.41, 5.74) is 2.81. The van der Waals surface area contributed by atoms with E-state index in [1.165, 1.54) is 17.5 Å².